The summed E-state index contributed by atoms with van der Waals surface area (Å²) in [7, 11) is 1.81. The number of anilines is 1. The van der Waals surface area contributed by atoms with Gasteiger partial charge in [0.1, 0.15) is 0 Å². The van der Waals surface area contributed by atoms with E-state index in [9.17, 15) is 9.90 Å². The largest absolute Gasteiger partial charge is 0.394 e. The Balaban J connectivity index is 2.30. The average Bonchev–Trinajstić information content (AvgIpc) is 2.86. The number of aliphatic hydroxyl groups excluding tert-OH is 1. The maximum Gasteiger partial charge on any atom is 0.256 e. The summed E-state index contributed by atoms with van der Waals surface area (Å²) >= 11 is 0. The van der Waals surface area contributed by atoms with E-state index in [2.05, 4.69) is 5.32 Å². The maximum atomic E-state index is 12.5. The smallest absolute Gasteiger partial charge is 0.256 e. The number of rotatable bonds is 3. The summed E-state index contributed by atoms with van der Waals surface area (Å²) in [6.07, 6.45) is 1.86. The average molecular weight is 248 g/mol. The van der Waals surface area contributed by atoms with Crippen molar-refractivity contribution in [2.45, 2.75) is 25.8 Å². The van der Waals surface area contributed by atoms with Crippen LogP contribution in [0, 0.1) is 6.92 Å². The first kappa shape index (κ1) is 12.9. The van der Waals surface area contributed by atoms with Crippen LogP contribution in [0.25, 0.3) is 0 Å². The lowest BCUT2D eigenvalue weighted by Crippen LogP contribution is -2.37. The highest BCUT2D eigenvalue weighted by Crippen LogP contribution is 2.24. The number of hydrogen-bond donors (Lipinski definition) is 2. The van der Waals surface area contributed by atoms with Gasteiger partial charge < -0.3 is 15.3 Å². The van der Waals surface area contributed by atoms with Crippen molar-refractivity contribution in [1.82, 2.24) is 4.90 Å². The Bertz CT molecular complexity index is 445. The molecule has 98 valence electrons. The second-order valence-corrected chi connectivity index (χ2v) is 4.78. The molecule has 1 amide bonds. The SMILES string of the molecule is CNc1ccc(C)cc1C(=O)N1CCCC1CO. The van der Waals surface area contributed by atoms with E-state index in [1.54, 1.807) is 4.90 Å². The van der Waals surface area contributed by atoms with Crippen molar-refractivity contribution in [3.63, 3.8) is 0 Å². The van der Waals surface area contributed by atoms with Gasteiger partial charge in [0.25, 0.3) is 5.91 Å². The zero-order valence-electron chi connectivity index (χ0n) is 10.9. The van der Waals surface area contributed by atoms with E-state index in [4.69, 9.17) is 0 Å². The number of nitrogens with one attached hydrogen (secondary N) is 1. The highest BCUT2D eigenvalue weighted by molar-refractivity contribution is 6.00. The van der Waals surface area contributed by atoms with Crippen molar-refractivity contribution in [3.05, 3.63) is 29.3 Å². The van der Waals surface area contributed by atoms with Crippen molar-refractivity contribution >= 4 is 11.6 Å². The van der Waals surface area contributed by atoms with Crippen LogP contribution in [0.5, 0.6) is 0 Å². The van der Waals surface area contributed by atoms with E-state index in [0.29, 0.717) is 5.56 Å². The zero-order valence-corrected chi connectivity index (χ0v) is 10.9. The van der Waals surface area contributed by atoms with Crippen molar-refractivity contribution in [3.8, 4) is 0 Å². The number of amides is 1. The lowest BCUT2D eigenvalue weighted by molar-refractivity contribution is 0.0678. The van der Waals surface area contributed by atoms with E-state index < -0.39 is 0 Å². The normalized spacial score (nSPS) is 19.1. The quantitative estimate of drug-likeness (QED) is 0.855. The molecule has 1 aliphatic rings. The first-order valence-corrected chi connectivity index (χ1v) is 6.37. The number of nitrogens with zero attached hydrogens (tertiary/aromatic N) is 1. The van der Waals surface area contributed by atoms with E-state index in [1.807, 2.05) is 32.2 Å². The zero-order chi connectivity index (χ0) is 13.1. The van der Waals surface area contributed by atoms with E-state index in [1.165, 1.54) is 0 Å². The predicted molar refractivity (Wildman–Crippen MR) is 71.9 cm³/mol. The number of aliphatic hydroxyl groups is 1. The fraction of sp³-hybridized carbons (Fsp3) is 0.500. The first-order chi connectivity index (χ1) is 8.67. The van der Waals surface area contributed by atoms with Crippen LogP contribution in [-0.2, 0) is 0 Å². The van der Waals surface area contributed by atoms with Gasteiger partial charge in [0, 0.05) is 19.3 Å². The topological polar surface area (TPSA) is 52.6 Å². The molecule has 0 spiro atoms. The van der Waals surface area contributed by atoms with Crippen molar-refractivity contribution in [2.75, 3.05) is 25.5 Å². The van der Waals surface area contributed by atoms with Gasteiger partial charge in [-0.3, -0.25) is 4.79 Å². The number of hydrogen-bond acceptors (Lipinski definition) is 3. The number of benzene rings is 1. The van der Waals surface area contributed by atoms with Gasteiger partial charge in [-0.1, -0.05) is 11.6 Å². The van der Waals surface area contributed by atoms with Gasteiger partial charge in [-0.25, -0.2) is 0 Å². The summed E-state index contributed by atoms with van der Waals surface area (Å²) in [4.78, 5) is 14.3. The van der Waals surface area contributed by atoms with Crippen molar-refractivity contribution in [2.24, 2.45) is 0 Å². The molecular weight excluding hydrogens is 228 g/mol. The van der Waals surface area contributed by atoms with Crippen molar-refractivity contribution < 1.29 is 9.90 Å². The third-order valence-electron chi connectivity index (χ3n) is 3.52. The minimum Gasteiger partial charge on any atom is -0.394 e. The van der Waals surface area contributed by atoms with Gasteiger partial charge >= 0.3 is 0 Å². The number of carbonyl (C=O) groups is 1. The summed E-state index contributed by atoms with van der Waals surface area (Å²) in [6, 6.07) is 5.78. The van der Waals surface area contributed by atoms with Gasteiger partial charge in [0.15, 0.2) is 0 Å². The minimum atomic E-state index is -0.0253. The maximum absolute atomic E-state index is 12.5. The van der Waals surface area contributed by atoms with Gasteiger partial charge in [0.05, 0.1) is 18.2 Å². The molecule has 1 atom stereocenters. The molecule has 1 heterocycles. The third-order valence-corrected chi connectivity index (χ3v) is 3.52. The van der Waals surface area contributed by atoms with Crippen LogP contribution < -0.4 is 5.32 Å². The third kappa shape index (κ3) is 2.34. The molecule has 2 N–H and O–H groups in total. The number of aryl methyl sites for hydroxylation is 1. The molecule has 4 nitrogen and oxygen atoms in total. The van der Waals surface area contributed by atoms with Crippen LogP contribution in [-0.4, -0.2) is 42.2 Å². The van der Waals surface area contributed by atoms with Gasteiger partial charge in [0.2, 0.25) is 0 Å². The number of likely N-dealkylation sites (tertiary alicyclic amines) is 1. The Morgan fingerprint density at radius 1 is 1.56 bits per heavy atom. The molecule has 1 aromatic carbocycles. The second kappa shape index (κ2) is 5.40. The first-order valence-electron chi connectivity index (χ1n) is 6.37. The highest BCUT2D eigenvalue weighted by atomic mass is 16.3. The molecule has 1 fully saturated rings. The lowest BCUT2D eigenvalue weighted by Gasteiger charge is -2.24. The molecule has 0 bridgehead atoms. The molecular formula is C14H20N2O2. The van der Waals surface area contributed by atoms with Crippen LogP contribution >= 0.6 is 0 Å². The molecule has 1 unspecified atom stereocenters. The van der Waals surface area contributed by atoms with Crippen LogP contribution in [0.2, 0.25) is 0 Å². The summed E-state index contributed by atoms with van der Waals surface area (Å²) in [6.45, 7) is 2.76. The summed E-state index contributed by atoms with van der Waals surface area (Å²) in [5, 5.41) is 12.4. The molecule has 0 aliphatic carbocycles. The molecule has 2 rings (SSSR count). The highest BCUT2D eigenvalue weighted by Gasteiger charge is 2.29. The molecule has 18 heavy (non-hydrogen) atoms. The monoisotopic (exact) mass is 248 g/mol. The Morgan fingerprint density at radius 2 is 2.33 bits per heavy atom. The Labute approximate surface area is 108 Å². The molecule has 0 saturated carbocycles. The van der Waals surface area contributed by atoms with Gasteiger partial charge in [-0.15, -0.1) is 0 Å². The fourth-order valence-corrected chi connectivity index (χ4v) is 2.50. The minimum absolute atomic E-state index is 0.0135. The Morgan fingerprint density at radius 3 is 3.00 bits per heavy atom. The molecule has 1 aliphatic heterocycles. The molecule has 1 aromatic rings. The lowest BCUT2D eigenvalue weighted by atomic mass is 10.1. The summed E-state index contributed by atoms with van der Waals surface area (Å²) < 4.78 is 0. The molecule has 0 radical (unpaired) electrons. The Hall–Kier alpha value is -1.55. The van der Waals surface area contributed by atoms with Crippen LogP contribution in [0.1, 0.15) is 28.8 Å². The Kier molecular flexibility index (Phi) is 3.87. The van der Waals surface area contributed by atoms with Gasteiger partial charge in [-0.2, -0.15) is 0 Å². The summed E-state index contributed by atoms with van der Waals surface area (Å²) in [5.74, 6) is 0.0135. The van der Waals surface area contributed by atoms with Crippen LogP contribution in [0.15, 0.2) is 18.2 Å². The molecule has 4 heteroatoms. The fourth-order valence-electron chi connectivity index (χ4n) is 2.50. The van der Waals surface area contributed by atoms with Crippen LogP contribution in [0.4, 0.5) is 5.69 Å². The molecule has 1 saturated heterocycles. The summed E-state index contributed by atoms with van der Waals surface area (Å²) in [5.41, 5.74) is 2.60. The number of carbonyl (C=O) groups excluding carboxylic acids is 1. The van der Waals surface area contributed by atoms with Crippen molar-refractivity contribution in [1.29, 1.82) is 0 Å². The standard InChI is InChI=1S/C14H20N2O2/c1-10-5-6-13(15-2)12(8-10)14(18)16-7-3-4-11(16)9-17/h5-6,8,11,15,17H,3-4,7,9H2,1-2H3. The van der Waals surface area contributed by atoms with E-state index in [0.717, 1.165) is 30.6 Å². The van der Waals surface area contributed by atoms with E-state index in [-0.39, 0.29) is 18.6 Å². The van der Waals surface area contributed by atoms with Gasteiger partial charge in [-0.05, 0) is 31.9 Å². The predicted octanol–water partition coefficient (Wildman–Crippen LogP) is 1.63. The van der Waals surface area contributed by atoms with Crippen LogP contribution in [0.3, 0.4) is 0 Å². The van der Waals surface area contributed by atoms with E-state index >= 15 is 0 Å². The molecule has 0 aromatic heterocycles. The second-order valence-electron chi connectivity index (χ2n) is 4.78.